The molecule has 1 unspecified atom stereocenters. The predicted molar refractivity (Wildman–Crippen MR) is 124 cm³/mol. The summed E-state index contributed by atoms with van der Waals surface area (Å²) in [6.07, 6.45) is 5.26. The average Bonchev–Trinajstić information content (AvgIpc) is 2.76. The number of aliphatic hydroxyl groups excluding tert-OH is 1. The van der Waals surface area contributed by atoms with Gasteiger partial charge < -0.3 is 30.1 Å². The highest BCUT2D eigenvalue weighted by Crippen LogP contribution is 2.27. The van der Waals surface area contributed by atoms with Gasteiger partial charge in [0.2, 0.25) is 5.88 Å². The highest BCUT2D eigenvalue weighted by Gasteiger charge is 2.23. The molecular weight excluding hydrogens is 440 g/mol. The summed E-state index contributed by atoms with van der Waals surface area (Å²) in [5.74, 6) is -0.204. The Kier molecular flexibility index (Phi) is 8.14. The lowest BCUT2D eigenvalue weighted by molar-refractivity contribution is 0.0602. The molecule has 0 aliphatic carbocycles. The maximum atomic E-state index is 12.7. The predicted octanol–water partition coefficient (Wildman–Crippen LogP) is 1.70. The Labute approximate surface area is 197 Å². The van der Waals surface area contributed by atoms with E-state index in [2.05, 4.69) is 20.6 Å². The fraction of sp³-hybridized carbons (Fsp3) is 0.348. The van der Waals surface area contributed by atoms with E-state index in [1.165, 1.54) is 36.8 Å². The van der Waals surface area contributed by atoms with E-state index in [1.807, 2.05) is 0 Å². The molecule has 11 heteroatoms. The fourth-order valence-corrected chi connectivity index (χ4v) is 2.83. The van der Waals surface area contributed by atoms with Crippen molar-refractivity contribution in [1.29, 1.82) is 5.41 Å². The van der Waals surface area contributed by atoms with E-state index in [-0.39, 0.29) is 40.4 Å². The van der Waals surface area contributed by atoms with E-state index >= 15 is 0 Å². The summed E-state index contributed by atoms with van der Waals surface area (Å²) >= 11 is 0. The first-order valence-electron chi connectivity index (χ1n) is 10.8. The summed E-state index contributed by atoms with van der Waals surface area (Å²) in [7, 11) is 1.68. The van der Waals surface area contributed by atoms with Crippen LogP contribution in [-0.4, -0.2) is 70.0 Å². The largest absolute Gasteiger partial charge is 0.488 e. The number of likely N-dealkylation sites (tertiary alicyclic amines) is 1. The molecule has 11 nitrogen and oxygen atoms in total. The van der Waals surface area contributed by atoms with E-state index in [9.17, 15) is 14.7 Å². The number of carbonyl (C=O) groups excluding carboxylic acids is 2. The second-order valence-electron chi connectivity index (χ2n) is 7.73. The molecule has 0 bridgehead atoms. The highest BCUT2D eigenvalue weighted by atomic mass is 16.5. The van der Waals surface area contributed by atoms with E-state index in [1.54, 1.807) is 31.9 Å². The van der Waals surface area contributed by atoms with Gasteiger partial charge in [0, 0.05) is 31.8 Å². The van der Waals surface area contributed by atoms with Crippen LogP contribution < -0.4 is 20.1 Å². The summed E-state index contributed by atoms with van der Waals surface area (Å²) in [6.45, 7) is 4.70. The number of amidine groups is 1. The maximum Gasteiger partial charge on any atom is 0.274 e. The second kappa shape index (κ2) is 11.2. The molecule has 1 aromatic heterocycles. The van der Waals surface area contributed by atoms with E-state index in [0.29, 0.717) is 13.1 Å². The quantitative estimate of drug-likeness (QED) is 0.321. The molecular formula is C23H28N6O5. The number of ether oxygens (including phenoxy) is 2. The maximum absolute atomic E-state index is 12.7. The first kappa shape index (κ1) is 24.6. The average molecular weight is 469 g/mol. The number of hydrogen-bond donors (Lipinski definition) is 4. The van der Waals surface area contributed by atoms with Crippen molar-refractivity contribution < 1.29 is 24.2 Å². The molecule has 1 aliphatic rings. The zero-order chi connectivity index (χ0) is 24.7. The second-order valence-corrected chi connectivity index (χ2v) is 7.73. The highest BCUT2D eigenvalue weighted by molar-refractivity contribution is 6.09. The van der Waals surface area contributed by atoms with Gasteiger partial charge in [-0.05, 0) is 44.7 Å². The van der Waals surface area contributed by atoms with Crippen molar-refractivity contribution in [3.8, 4) is 17.4 Å². The van der Waals surface area contributed by atoms with Gasteiger partial charge in [-0.15, -0.1) is 0 Å². The lowest BCUT2D eigenvalue weighted by atomic mass is 10.1. The van der Waals surface area contributed by atoms with Gasteiger partial charge in [0.05, 0.1) is 18.5 Å². The summed E-state index contributed by atoms with van der Waals surface area (Å²) in [5, 5.41) is 22.8. The van der Waals surface area contributed by atoms with Gasteiger partial charge in [-0.3, -0.25) is 15.0 Å². The van der Waals surface area contributed by atoms with Gasteiger partial charge in [-0.2, -0.15) is 0 Å². The van der Waals surface area contributed by atoms with E-state index < -0.39 is 18.1 Å². The van der Waals surface area contributed by atoms with Crippen LogP contribution in [0.2, 0.25) is 0 Å². The van der Waals surface area contributed by atoms with Crippen molar-refractivity contribution in [3.63, 3.8) is 0 Å². The molecule has 3 rings (SSSR count). The molecule has 2 amide bonds. The molecule has 0 spiro atoms. The van der Waals surface area contributed by atoms with Crippen molar-refractivity contribution in [1.82, 2.24) is 25.5 Å². The first-order chi connectivity index (χ1) is 16.3. The van der Waals surface area contributed by atoms with Gasteiger partial charge in [0.1, 0.15) is 29.1 Å². The summed E-state index contributed by atoms with van der Waals surface area (Å²) in [5.41, 5.74) is 0.397. The first-order valence-corrected chi connectivity index (χ1v) is 10.8. The third kappa shape index (κ3) is 6.51. The Morgan fingerprint density at radius 1 is 1.18 bits per heavy atom. The third-order valence-electron chi connectivity index (χ3n) is 5.02. The van der Waals surface area contributed by atoms with Gasteiger partial charge in [-0.1, -0.05) is 0 Å². The number of aromatic nitrogens is 2. The number of benzene rings is 1. The van der Waals surface area contributed by atoms with Gasteiger partial charge in [-0.25, -0.2) is 9.97 Å². The molecule has 1 aromatic carbocycles. The summed E-state index contributed by atoms with van der Waals surface area (Å²) in [4.78, 5) is 34.9. The van der Waals surface area contributed by atoms with E-state index in [4.69, 9.17) is 14.9 Å². The Hall–Kier alpha value is -3.99. The number of rotatable bonds is 9. The molecule has 2 heterocycles. The Bertz CT molecular complexity index is 1070. The van der Waals surface area contributed by atoms with Crippen LogP contribution in [0.3, 0.4) is 0 Å². The zero-order valence-electron chi connectivity index (χ0n) is 19.2. The Morgan fingerprint density at radius 3 is 2.50 bits per heavy atom. The van der Waals surface area contributed by atoms with Gasteiger partial charge in [0.15, 0.2) is 0 Å². The number of nitrogens with zero attached hydrogens (tertiary/aromatic N) is 3. The number of hydrogen-bond acceptors (Lipinski definition) is 9. The van der Waals surface area contributed by atoms with Crippen molar-refractivity contribution in [3.05, 3.63) is 54.1 Å². The molecule has 0 radical (unpaired) electrons. The van der Waals surface area contributed by atoms with E-state index in [0.717, 1.165) is 6.42 Å². The summed E-state index contributed by atoms with van der Waals surface area (Å²) < 4.78 is 11.5. The lowest BCUT2D eigenvalue weighted by Crippen LogP contribution is -2.42. The van der Waals surface area contributed by atoms with Crippen molar-refractivity contribution in [2.24, 2.45) is 0 Å². The normalized spacial score (nSPS) is 14.6. The van der Waals surface area contributed by atoms with Crippen LogP contribution in [-0.2, 0) is 0 Å². The minimum Gasteiger partial charge on any atom is -0.488 e. The number of carbonyl (C=O) groups is 2. The molecule has 2 aromatic rings. The molecule has 4 N–H and O–H groups in total. The molecule has 2 atom stereocenters. The molecule has 34 heavy (non-hydrogen) atoms. The molecule has 1 saturated heterocycles. The Morgan fingerprint density at radius 2 is 1.91 bits per heavy atom. The zero-order valence-corrected chi connectivity index (χ0v) is 19.2. The van der Waals surface area contributed by atoms with Crippen molar-refractivity contribution in [2.75, 3.05) is 20.1 Å². The lowest BCUT2D eigenvalue weighted by Gasteiger charge is -2.30. The molecule has 1 fully saturated rings. The standard InChI is InChI=1S/C23H28N6O5/c1-14(30)15(2)33-17-9-16(22(31)28-20(24)5-6-25-3)10-18(11-17)34-21-13-26-19(12-27-21)23(32)29-7-4-8-29/h5-6,9-15,25,30H,4,7-8H2,1-3H3,(H2,24,28,31)/b6-5-/t14?,15-/m0/s1. The fourth-order valence-electron chi connectivity index (χ4n) is 2.83. The molecule has 1 aliphatic heterocycles. The van der Waals surface area contributed by atoms with Crippen LogP contribution in [0.4, 0.5) is 0 Å². The van der Waals surface area contributed by atoms with Crippen LogP contribution in [0, 0.1) is 5.41 Å². The van der Waals surface area contributed by atoms with Gasteiger partial charge >= 0.3 is 0 Å². The minimum atomic E-state index is -0.746. The van der Waals surface area contributed by atoms with Crippen molar-refractivity contribution in [2.45, 2.75) is 32.5 Å². The number of aliphatic hydroxyl groups is 1. The van der Waals surface area contributed by atoms with Crippen LogP contribution in [0.1, 0.15) is 41.1 Å². The van der Waals surface area contributed by atoms with Crippen molar-refractivity contribution >= 4 is 17.6 Å². The monoisotopic (exact) mass is 468 g/mol. The summed E-state index contributed by atoms with van der Waals surface area (Å²) in [6, 6.07) is 4.49. The van der Waals surface area contributed by atoms with Gasteiger partial charge in [0.25, 0.3) is 11.8 Å². The smallest absolute Gasteiger partial charge is 0.274 e. The number of nitrogens with one attached hydrogen (secondary N) is 3. The topological polar surface area (TPSA) is 150 Å². The van der Waals surface area contributed by atoms with Crippen LogP contribution in [0.25, 0.3) is 0 Å². The minimum absolute atomic E-state index is 0.112. The van der Waals surface area contributed by atoms with Crippen LogP contribution in [0.5, 0.6) is 17.4 Å². The van der Waals surface area contributed by atoms with Crippen LogP contribution in [0.15, 0.2) is 42.9 Å². The van der Waals surface area contributed by atoms with Crippen LogP contribution >= 0.6 is 0 Å². The SMILES string of the molecule is CN/C=C\C(=N)NC(=O)c1cc(Oc2cnc(C(=O)N3CCC3)cn2)cc(O[C@@H](C)C(C)O)c1. The third-order valence-corrected chi connectivity index (χ3v) is 5.02. The Balaban J connectivity index is 1.81. The molecule has 180 valence electrons. The molecule has 0 saturated carbocycles. The number of amides is 2.